The molecule has 114 valence electrons. The number of carbonyl (C=O) groups is 2. The van der Waals surface area contributed by atoms with E-state index < -0.39 is 0 Å². The molecule has 0 aliphatic carbocycles. The van der Waals surface area contributed by atoms with Crippen molar-refractivity contribution >= 4 is 11.8 Å². The highest BCUT2D eigenvalue weighted by atomic mass is 16.2. The molecule has 2 aliphatic heterocycles. The van der Waals surface area contributed by atoms with Gasteiger partial charge in [0.2, 0.25) is 11.8 Å². The van der Waals surface area contributed by atoms with Crippen molar-refractivity contribution in [1.29, 1.82) is 0 Å². The number of carbonyl (C=O) groups excluding carboxylic acids is 2. The Labute approximate surface area is 121 Å². The van der Waals surface area contributed by atoms with E-state index in [1.54, 1.807) is 11.8 Å². The molecular weight excluding hydrogens is 254 g/mol. The third kappa shape index (κ3) is 3.72. The molecule has 2 rings (SSSR count). The summed E-state index contributed by atoms with van der Waals surface area (Å²) < 4.78 is 0. The lowest BCUT2D eigenvalue weighted by atomic mass is 9.92. The summed E-state index contributed by atoms with van der Waals surface area (Å²) in [4.78, 5) is 27.6. The maximum absolute atomic E-state index is 12.5. The first-order valence-corrected chi connectivity index (χ1v) is 7.80. The molecule has 0 aromatic rings. The summed E-state index contributed by atoms with van der Waals surface area (Å²) in [6.07, 6.45) is 4.28. The average Bonchev–Trinajstić information content (AvgIpc) is 2.95. The number of hydrogen-bond donors (Lipinski definition) is 1. The van der Waals surface area contributed by atoms with Gasteiger partial charge < -0.3 is 15.1 Å². The smallest absolute Gasteiger partial charge is 0.227 e. The summed E-state index contributed by atoms with van der Waals surface area (Å²) in [5.74, 6) is 1.14. The van der Waals surface area contributed by atoms with Gasteiger partial charge in [-0.2, -0.15) is 0 Å². The van der Waals surface area contributed by atoms with Gasteiger partial charge in [0.05, 0.1) is 5.92 Å². The molecule has 20 heavy (non-hydrogen) atoms. The monoisotopic (exact) mass is 281 g/mol. The van der Waals surface area contributed by atoms with Crippen LogP contribution in [0.1, 0.15) is 32.6 Å². The molecule has 2 heterocycles. The van der Waals surface area contributed by atoms with Gasteiger partial charge in [-0.3, -0.25) is 9.59 Å². The van der Waals surface area contributed by atoms with Crippen LogP contribution in [0.4, 0.5) is 0 Å². The average molecular weight is 281 g/mol. The van der Waals surface area contributed by atoms with Crippen molar-refractivity contribution in [3.63, 3.8) is 0 Å². The number of nitrogens with one attached hydrogen (secondary N) is 1. The first-order valence-electron chi connectivity index (χ1n) is 7.80. The third-order valence-electron chi connectivity index (χ3n) is 4.71. The number of amides is 2. The van der Waals surface area contributed by atoms with E-state index in [1.165, 1.54) is 6.42 Å². The van der Waals surface area contributed by atoms with E-state index in [4.69, 9.17) is 0 Å². The number of likely N-dealkylation sites (tertiary alicyclic amines) is 2. The predicted molar refractivity (Wildman–Crippen MR) is 78.2 cm³/mol. The van der Waals surface area contributed by atoms with Crippen LogP contribution in [-0.2, 0) is 9.59 Å². The van der Waals surface area contributed by atoms with Crippen LogP contribution in [0.3, 0.4) is 0 Å². The Hall–Kier alpha value is -1.10. The van der Waals surface area contributed by atoms with Crippen LogP contribution in [0.5, 0.6) is 0 Å². The summed E-state index contributed by atoms with van der Waals surface area (Å²) in [6, 6.07) is 0. The van der Waals surface area contributed by atoms with Gasteiger partial charge in [0, 0.05) is 33.1 Å². The summed E-state index contributed by atoms with van der Waals surface area (Å²) in [5, 5.41) is 3.19. The molecule has 0 bridgehead atoms. The number of nitrogens with zero attached hydrogens (tertiary/aromatic N) is 2. The van der Waals surface area contributed by atoms with Crippen LogP contribution in [0.2, 0.25) is 0 Å². The molecule has 1 unspecified atom stereocenters. The quantitative estimate of drug-likeness (QED) is 0.825. The van der Waals surface area contributed by atoms with Gasteiger partial charge in [0.15, 0.2) is 0 Å². The van der Waals surface area contributed by atoms with Crippen LogP contribution in [0, 0.1) is 11.8 Å². The molecular formula is C15H27N3O2. The lowest BCUT2D eigenvalue weighted by Gasteiger charge is -2.33. The van der Waals surface area contributed by atoms with E-state index in [0.29, 0.717) is 6.54 Å². The standard InChI is InChI=1S/C15H27N3O2/c1-12(19)18-10-6-14(11-18)15(20)17-8-4-13(5-9-17)3-7-16-2/h13-14,16H,3-11H2,1-2H3. The molecule has 1 N–H and O–H groups in total. The Morgan fingerprint density at radius 2 is 1.75 bits per heavy atom. The second kappa shape index (κ2) is 7.07. The first-order chi connectivity index (χ1) is 9.61. The fourth-order valence-electron chi connectivity index (χ4n) is 3.30. The Morgan fingerprint density at radius 1 is 1.10 bits per heavy atom. The van der Waals surface area contributed by atoms with Crippen molar-refractivity contribution in [2.75, 3.05) is 39.8 Å². The number of piperidine rings is 1. The zero-order valence-corrected chi connectivity index (χ0v) is 12.7. The Kier molecular flexibility index (Phi) is 5.40. The SMILES string of the molecule is CNCCC1CCN(C(=O)C2CCN(C(C)=O)C2)CC1. The topological polar surface area (TPSA) is 52.7 Å². The molecule has 5 nitrogen and oxygen atoms in total. The minimum Gasteiger partial charge on any atom is -0.342 e. The molecule has 2 fully saturated rings. The molecule has 2 amide bonds. The fraction of sp³-hybridized carbons (Fsp3) is 0.867. The van der Waals surface area contributed by atoms with Gasteiger partial charge >= 0.3 is 0 Å². The zero-order valence-electron chi connectivity index (χ0n) is 12.7. The fourth-order valence-corrected chi connectivity index (χ4v) is 3.30. The normalized spacial score (nSPS) is 24.2. The zero-order chi connectivity index (χ0) is 14.5. The molecule has 0 saturated carbocycles. The van der Waals surface area contributed by atoms with Gasteiger partial charge in [0.25, 0.3) is 0 Å². The minimum absolute atomic E-state index is 0.0350. The number of rotatable bonds is 4. The van der Waals surface area contributed by atoms with E-state index in [2.05, 4.69) is 5.32 Å². The van der Waals surface area contributed by atoms with Crippen LogP contribution in [0.25, 0.3) is 0 Å². The van der Waals surface area contributed by atoms with Gasteiger partial charge in [-0.15, -0.1) is 0 Å². The van der Waals surface area contributed by atoms with E-state index in [9.17, 15) is 9.59 Å². The summed E-state index contributed by atoms with van der Waals surface area (Å²) in [7, 11) is 1.99. The lowest BCUT2D eigenvalue weighted by Crippen LogP contribution is -2.43. The highest BCUT2D eigenvalue weighted by molar-refractivity contribution is 5.81. The van der Waals surface area contributed by atoms with Gasteiger partial charge in [0.1, 0.15) is 0 Å². The molecule has 2 saturated heterocycles. The number of hydrogen-bond acceptors (Lipinski definition) is 3. The van der Waals surface area contributed by atoms with Gasteiger partial charge in [-0.1, -0.05) is 0 Å². The maximum Gasteiger partial charge on any atom is 0.227 e. The minimum atomic E-state index is 0.0350. The van der Waals surface area contributed by atoms with E-state index in [1.807, 2.05) is 11.9 Å². The Balaban J connectivity index is 1.76. The summed E-state index contributed by atoms with van der Waals surface area (Å²) >= 11 is 0. The van der Waals surface area contributed by atoms with Crippen LogP contribution >= 0.6 is 0 Å². The Morgan fingerprint density at radius 3 is 2.30 bits per heavy atom. The van der Waals surface area contributed by atoms with Crippen molar-refractivity contribution < 1.29 is 9.59 Å². The van der Waals surface area contributed by atoms with E-state index in [-0.39, 0.29) is 17.7 Å². The molecule has 2 aliphatic rings. The van der Waals surface area contributed by atoms with Crippen molar-refractivity contribution in [2.24, 2.45) is 11.8 Å². The van der Waals surface area contributed by atoms with Crippen molar-refractivity contribution in [3.8, 4) is 0 Å². The Bertz CT molecular complexity index is 351. The summed E-state index contributed by atoms with van der Waals surface area (Å²) in [6.45, 7) is 5.79. The maximum atomic E-state index is 12.5. The van der Waals surface area contributed by atoms with Gasteiger partial charge in [-0.25, -0.2) is 0 Å². The molecule has 0 radical (unpaired) electrons. The van der Waals surface area contributed by atoms with Crippen LogP contribution in [0.15, 0.2) is 0 Å². The highest BCUT2D eigenvalue weighted by Gasteiger charge is 2.33. The largest absolute Gasteiger partial charge is 0.342 e. The predicted octanol–water partition coefficient (Wildman–Crippen LogP) is 0.703. The first kappa shape index (κ1) is 15.3. The van der Waals surface area contributed by atoms with Crippen molar-refractivity contribution in [1.82, 2.24) is 15.1 Å². The summed E-state index contributed by atoms with van der Waals surface area (Å²) in [5.41, 5.74) is 0. The molecule has 0 spiro atoms. The van der Waals surface area contributed by atoms with Crippen molar-refractivity contribution in [2.45, 2.75) is 32.6 Å². The van der Waals surface area contributed by atoms with Crippen molar-refractivity contribution in [3.05, 3.63) is 0 Å². The molecule has 0 aromatic heterocycles. The van der Waals surface area contributed by atoms with E-state index in [0.717, 1.165) is 51.4 Å². The third-order valence-corrected chi connectivity index (χ3v) is 4.71. The second-order valence-corrected chi connectivity index (χ2v) is 6.11. The highest BCUT2D eigenvalue weighted by Crippen LogP contribution is 2.24. The molecule has 0 aromatic carbocycles. The van der Waals surface area contributed by atoms with Gasteiger partial charge in [-0.05, 0) is 45.2 Å². The molecule has 5 heteroatoms. The van der Waals surface area contributed by atoms with Crippen LogP contribution in [-0.4, -0.2) is 61.4 Å². The van der Waals surface area contributed by atoms with E-state index >= 15 is 0 Å². The lowest BCUT2D eigenvalue weighted by molar-refractivity contribution is -0.136. The molecule has 1 atom stereocenters. The second-order valence-electron chi connectivity index (χ2n) is 6.11. The van der Waals surface area contributed by atoms with Crippen LogP contribution < -0.4 is 5.32 Å².